The Morgan fingerprint density at radius 3 is 2.93 bits per heavy atom. The highest BCUT2D eigenvalue weighted by Gasteiger charge is 2.10. The predicted octanol–water partition coefficient (Wildman–Crippen LogP) is 2.49. The van der Waals surface area contributed by atoms with Crippen molar-refractivity contribution in [3.05, 3.63) is 35.6 Å². The molecule has 0 saturated carbocycles. The number of nitrogens with one attached hydrogen (secondary N) is 1. The summed E-state index contributed by atoms with van der Waals surface area (Å²) in [7, 11) is 0. The van der Waals surface area contributed by atoms with Gasteiger partial charge in [-0.2, -0.15) is 0 Å². The van der Waals surface area contributed by atoms with Crippen molar-refractivity contribution in [2.75, 3.05) is 6.54 Å². The first kappa shape index (κ1) is 9.77. The molecule has 0 aliphatic carbocycles. The second kappa shape index (κ2) is 3.77. The smallest absolute Gasteiger partial charge is 0.287 e. The van der Waals surface area contributed by atoms with Crippen LogP contribution < -0.4 is 5.32 Å². The highest BCUT2D eigenvalue weighted by Crippen LogP contribution is 2.20. The van der Waals surface area contributed by atoms with Gasteiger partial charge in [0, 0.05) is 11.9 Å². The third-order valence-corrected chi connectivity index (χ3v) is 2.23. The zero-order chi connectivity index (χ0) is 10.8. The number of rotatable bonds is 2. The molecule has 2 rings (SSSR count). The van der Waals surface area contributed by atoms with Crippen LogP contribution in [0.3, 0.4) is 0 Å². The van der Waals surface area contributed by atoms with E-state index >= 15 is 0 Å². The third kappa shape index (κ3) is 1.86. The number of furan rings is 1. The second-order valence-electron chi connectivity index (χ2n) is 3.51. The highest BCUT2D eigenvalue weighted by atomic mass is 16.3. The number of benzene rings is 1. The summed E-state index contributed by atoms with van der Waals surface area (Å²) in [4.78, 5) is 11.5. The topological polar surface area (TPSA) is 42.2 Å². The molecule has 0 bridgehead atoms. The van der Waals surface area contributed by atoms with Crippen molar-refractivity contribution in [3.63, 3.8) is 0 Å². The van der Waals surface area contributed by atoms with Crippen LogP contribution >= 0.6 is 0 Å². The van der Waals surface area contributed by atoms with Gasteiger partial charge >= 0.3 is 0 Å². The lowest BCUT2D eigenvalue weighted by Crippen LogP contribution is -2.21. The van der Waals surface area contributed by atoms with Crippen LogP contribution in [0.5, 0.6) is 0 Å². The molecule has 1 heterocycles. The summed E-state index contributed by atoms with van der Waals surface area (Å²) in [5, 5.41) is 3.67. The number of carbonyl (C=O) groups excluding carboxylic acids is 1. The van der Waals surface area contributed by atoms with E-state index in [9.17, 15) is 4.79 Å². The Labute approximate surface area is 88.1 Å². The molecular weight excluding hydrogens is 190 g/mol. The molecule has 0 unspecified atom stereocenters. The monoisotopic (exact) mass is 203 g/mol. The fraction of sp³-hybridized carbons (Fsp3) is 0.250. The summed E-state index contributed by atoms with van der Waals surface area (Å²) < 4.78 is 5.43. The van der Waals surface area contributed by atoms with E-state index in [1.807, 2.05) is 32.0 Å². The predicted molar refractivity (Wildman–Crippen MR) is 59.0 cm³/mol. The van der Waals surface area contributed by atoms with Crippen molar-refractivity contribution in [2.45, 2.75) is 13.8 Å². The molecule has 0 spiro atoms. The minimum Gasteiger partial charge on any atom is -0.451 e. The summed E-state index contributed by atoms with van der Waals surface area (Å²) >= 11 is 0. The zero-order valence-corrected chi connectivity index (χ0v) is 8.83. The van der Waals surface area contributed by atoms with Crippen molar-refractivity contribution < 1.29 is 9.21 Å². The van der Waals surface area contributed by atoms with Crippen LogP contribution in [-0.2, 0) is 0 Å². The molecule has 78 valence electrons. The van der Waals surface area contributed by atoms with Gasteiger partial charge in [0.15, 0.2) is 5.76 Å². The number of carbonyl (C=O) groups is 1. The molecule has 0 fully saturated rings. The van der Waals surface area contributed by atoms with Gasteiger partial charge in [-0.1, -0.05) is 11.6 Å². The number of hydrogen-bond donors (Lipinski definition) is 1. The van der Waals surface area contributed by atoms with Crippen LogP contribution in [0.2, 0.25) is 0 Å². The van der Waals surface area contributed by atoms with Crippen LogP contribution in [0.15, 0.2) is 28.7 Å². The minimum atomic E-state index is -0.161. The van der Waals surface area contributed by atoms with Gasteiger partial charge in [0.2, 0.25) is 0 Å². The molecule has 2 aromatic rings. The van der Waals surface area contributed by atoms with Gasteiger partial charge in [0.05, 0.1) is 0 Å². The van der Waals surface area contributed by atoms with Crippen LogP contribution in [0.4, 0.5) is 0 Å². The average Bonchev–Trinajstić information content (AvgIpc) is 2.60. The van der Waals surface area contributed by atoms with Crippen LogP contribution in [0.1, 0.15) is 23.0 Å². The quantitative estimate of drug-likeness (QED) is 0.814. The van der Waals surface area contributed by atoms with Gasteiger partial charge in [-0.15, -0.1) is 0 Å². The fourth-order valence-electron chi connectivity index (χ4n) is 1.52. The highest BCUT2D eigenvalue weighted by molar-refractivity contribution is 5.96. The van der Waals surface area contributed by atoms with E-state index < -0.39 is 0 Å². The molecule has 15 heavy (non-hydrogen) atoms. The zero-order valence-electron chi connectivity index (χ0n) is 8.83. The van der Waals surface area contributed by atoms with E-state index in [-0.39, 0.29) is 5.91 Å². The summed E-state index contributed by atoms with van der Waals surface area (Å²) in [5.41, 5.74) is 1.91. The van der Waals surface area contributed by atoms with Gasteiger partial charge in [-0.05, 0) is 32.0 Å². The fourth-order valence-corrected chi connectivity index (χ4v) is 1.52. The Bertz CT molecular complexity index is 499. The number of aryl methyl sites for hydroxylation is 1. The second-order valence-corrected chi connectivity index (χ2v) is 3.51. The molecule has 1 aromatic carbocycles. The molecule has 1 amide bonds. The molecule has 1 aromatic heterocycles. The first-order valence-electron chi connectivity index (χ1n) is 4.99. The number of hydrogen-bond acceptors (Lipinski definition) is 2. The van der Waals surface area contributed by atoms with Gasteiger partial charge < -0.3 is 9.73 Å². The molecule has 0 aliphatic heterocycles. The average molecular weight is 203 g/mol. The molecule has 1 N–H and O–H groups in total. The van der Waals surface area contributed by atoms with Crippen LogP contribution in [0.25, 0.3) is 11.0 Å². The maximum Gasteiger partial charge on any atom is 0.287 e. The lowest BCUT2D eigenvalue weighted by Gasteiger charge is -1.95. The summed E-state index contributed by atoms with van der Waals surface area (Å²) in [5.74, 6) is 0.212. The molecular formula is C12H13NO2. The maximum absolute atomic E-state index is 11.5. The summed E-state index contributed by atoms with van der Waals surface area (Å²) in [6, 6.07) is 7.62. The van der Waals surface area contributed by atoms with E-state index in [0.717, 1.165) is 16.5 Å². The lowest BCUT2D eigenvalue weighted by atomic mass is 10.2. The Morgan fingerprint density at radius 1 is 1.40 bits per heavy atom. The van der Waals surface area contributed by atoms with Gasteiger partial charge in [0.25, 0.3) is 5.91 Å². The van der Waals surface area contributed by atoms with Gasteiger partial charge in [-0.3, -0.25) is 4.79 Å². The summed E-state index contributed by atoms with van der Waals surface area (Å²) in [6.07, 6.45) is 0. The summed E-state index contributed by atoms with van der Waals surface area (Å²) in [6.45, 7) is 4.50. The lowest BCUT2D eigenvalue weighted by molar-refractivity contribution is 0.0930. The van der Waals surface area contributed by atoms with E-state index in [1.165, 1.54) is 0 Å². The van der Waals surface area contributed by atoms with Crippen LogP contribution in [0, 0.1) is 6.92 Å². The molecule has 0 saturated heterocycles. The normalized spacial score (nSPS) is 10.5. The van der Waals surface area contributed by atoms with Gasteiger partial charge in [0.1, 0.15) is 5.58 Å². The van der Waals surface area contributed by atoms with Crippen molar-refractivity contribution in [1.29, 1.82) is 0 Å². The first-order valence-corrected chi connectivity index (χ1v) is 4.99. The molecule has 0 radical (unpaired) electrons. The Kier molecular flexibility index (Phi) is 2.46. The van der Waals surface area contributed by atoms with Crippen molar-refractivity contribution >= 4 is 16.9 Å². The molecule has 3 nitrogen and oxygen atoms in total. The van der Waals surface area contributed by atoms with E-state index in [0.29, 0.717) is 12.3 Å². The van der Waals surface area contributed by atoms with Crippen molar-refractivity contribution in [1.82, 2.24) is 5.32 Å². The SMILES string of the molecule is CCNC(=O)c1cc2cc(C)ccc2o1. The van der Waals surface area contributed by atoms with E-state index in [1.54, 1.807) is 6.07 Å². The Hall–Kier alpha value is -1.77. The molecule has 3 heteroatoms. The third-order valence-electron chi connectivity index (χ3n) is 2.23. The standard InChI is InChI=1S/C12H13NO2/c1-3-13-12(14)11-7-9-6-8(2)4-5-10(9)15-11/h4-7H,3H2,1-2H3,(H,13,14). The van der Waals surface area contributed by atoms with Crippen LogP contribution in [-0.4, -0.2) is 12.5 Å². The van der Waals surface area contributed by atoms with E-state index in [2.05, 4.69) is 5.32 Å². The Balaban J connectivity index is 2.42. The molecule has 0 aliphatic rings. The van der Waals surface area contributed by atoms with Crippen molar-refractivity contribution in [2.24, 2.45) is 0 Å². The first-order chi connectivity index (χ1) is 7.20. The minimum absolute atomic E-state index is 0.161. The number of amides is 1. The molecule has 0 atom stereocenters. The van der Waals surface area contributed by atoms with E-state index in [4.69, 9.17) is 4.42 Å². The number of fused-ring (bicyclic) bond motifs is 1. The van der Waals surface area contributed by atoms with Gasteiger partial charge in [-0.25, -0.2) is 0 Å². The largest absolute Gasteiger partial charge is 0.451 e. The maximum atomic E-state index is 11.5. The Morgan fingerprint density at radius 2 is 2.20 bits per heavy atom. The van der Waals surface area contributed by atoms with Crippen molar-refractivity contribution in [3.8, 4) is 0 Å².